The van der Waals surface area contributed by atoms with E-state index < -0.39 is 0 Å². The second-order valence-corrected chi connectivity index (χ2v) is 6.26. The highest BCUT2D eigenvalue weighted by Gasteiger charge is 1.97. The molecule has 0 aliphatic carbocycles. The molecule has 1 heteroatoms. The molecule has 124 valence electrons. The highest BCUT2D eigenvalue weighted by molar-refractivity contribution is 5.51. The Morgan fingerprint density at radius 1 is 0.864 bits per heavy atom. The van der Waals surface area contributed by atoms with Crippen molar-refractivity contribution in [2.45, 2.75) is 77.7 Å². The van der Waals surface area contributed by atoms with Crippen molar-refractivity contribution in [1.29, 1.82) is 0 Å². The van der Waals surface area contributed by atoms with Crippen LogP contribution in [-0.2, 0) is 6.54 Å². The van der Waals surface area contributed by atoms with E-state index in [1.54, 1.807) is 0 Å². The molecule has 1 aromatic carbocycles. The molecule has 0 aromatic heterocycles. The Balaban J connectivity index is 1.90. The molecule has 0 aliphatic heterocycles. The fraction of sp³-hybridized carbons (Fsp3) is 0.619. The van der Waals surface area contributed by atoms with Crippen LogP contribution in [0, 0.1) is 0 Å². The van der Waals surface area contributed by atoms with E-state index >= 15 is 0 Å². The molecule has 0 atom stereocenters. The lowest BCUT2D eigenvalue weighted by atomic mass is 10.1. The zero-order valence-electron chi connectivity index (χ0n) is 14.6. The Bertz CT molecular complexity index is 383. The minimum atomic E-state index is 0.958. The molecular formula is C21H35N. The number of rotatable bonds is 14. The van der Waals surface area contributed by atoms with Crippen molar-refractivity contribution in [3.8, 4) is 0 Å². The molecule has 0 heterocycles. The van der Waals surface area contributed by atoms with E-state index in [-0.39, 0.29) is 0 Å². The van der Waals surface area contributed by atoms with Gasteiger partial charge < -0.3 is 5.32 Å². The van der Waals surface area contributed by atoms with Gasteiger partial charge in [0.05, 0.1) is 0 Å². The quantitative estimate of drug-likeness (QED) is 0.395. The van der Waals surface area contributed by atoms with Gasteiger partial charge in [-0.3, -0.25) is 0 Å². The summed E-state index contributed by atoms with van der Waals surface area (Å²) in [5, 5.41) is 3.55. The molecule has 22 heavy (non-hydrogen) atoms. The predicted molar refractivity (Wildman–Crippen MR) is 100 cm³/mol. The van der Waals surface area contributed by atoms with Crippen LogP contribution in [0.4, 0.5) is 0 Å². The lowest BCUT2D eigenvalue weighted by molar-refractivity contribution is 0.543. The van der Waals surface area contributed by atoms with Crippen LogP contribution in [0.1, 0.15) is 82.3 Å². The molecule has 0 radical (unpaired) electrons. The Labute approximate surface area is 138 Å². The first kappa shape index (κ1) is 19.0. The van der Waals surface area contributed by atoms with Crippen molar-refractivity contribution >= 4 is 6.08 Å². The summed E-state index contributed by atoms with van der Waals surface area (Å²) in [5.41, 5.74) is 2.60. The number of nitrogens with one attached hydrogen (secondary N) is 1. The van der Waals surface area contributed by atoms with Gasteiger partial charge in [-0.25, -0.2) is 0 Å². The monoisotopic (exact) mass is 301 g/mol. The van der Waals surface area contributed by atoms with Gasteiger partial charge in [-0.2, -0.15) is 0 Å². The van der Waals surface area contributed by atoms with Gasteiger partial charge in [-0.15, -0.1) is 0 Å². The number of hydrogen-bond acceptors (Lipinski definition) is 1. The molecule has 0 spiro atoms. The van der Waals surface area contributed by atoms with Crippen LogP contribution in [0.5, 0.6) is 0 Å². The highest BCUT2D eigenvalue weighted by atomic mass is 14.8. The first-order valence-electron chi connectivity index (χ1n) is 9.29. The summed E-state index contributed by atoms with van der Waals surface area (Å²) in [4.78, 5) is 0. The van der Waals surface area contributed by atoms with Gasteiger partial charge in [0.15, 0.2) is 0 Å². The fourth-order valence-corrected chi connectivity index (χ4v) is 2.85. The van der Waals surface area contributed by atoms with Crippen LogP contribution in [0.15, 0.2) is 30.8 Å². The summed E-state index contributed by atoms with van der Waals surface area (Å²) < 4.78 is 0. The zero-order valence-corrected chi connectivity index (χ0v) is 14.6. The van der Waals surface area contributed by atoms with E-state index in [9.17, 15) is 0 Å². The molecule has 1 N–H and O–H groups in total. The summed E-state index contributed by atoms with van der Waals surface area (Å²) >= 11 is 0. The standard InChI is InChI=1S/C21H35N/c1-3-5-6-7-8-9-10-11-12-15-18-22-19-21-17-14-13-16-20(21)4-2/h4,13-14,16-17,22H,2-3,5-12,15,18-19H2,1H3. The van der Waals surface area contributed by atoms with E-state index in [2.05, 4.69) is 43.1 Å². The SMILES string of the molecule is C=Cc1ccccc1CNCCCCCCCCCCCC. The van der Waals surface area contributed by atoms with Gasteiger partial charge in [0.25, 0.3) is 0 Å². The molecule has 0 bridgehead atoms. The molecule has 1 rings (SSSR count). The maximum Gasteiger partial charge on any atom is 0.0211 e. The number of hydrogen-bond donors (Lipinski definition) is 1. The van der Waals surface area contributed by atoms with Gasteiger partial charge in [0.2, 0.25) is 0 Å². The summed E-state index contributed by atoms with van der Waals surface area (Å²) in [6, 6.07) is 8.49. The molecule has 1 nitrogen and oxygen atoms in total. The zero-order chi connectivity index (χ0) is 15.9. The Morgan fingerprint density at radius 2 is 1.45 bits per heavy atom. The Morgan fingerprint density at radius 3 is 2.09 bits per heavy atom. The van der Waals surface area contributed by atoms with Crippen LogP contribution in [0.3, 0.4) is 0 Å². The van der Waals surface area contributed by atoms with Gasteiger partial charge in [-0.05, 0) is 24.1 Å². The smallest absolute Gasteiger partial charge is 0.0211 e. The van der Waals surface area contributed by atoms with Crippen molar-refractivity contribution in [3.63, 3.8) is 0 Å². The molecule has 0 amide bonds. The van der Waals surface area contributed by atoms with Gasteiger partial charge in [0, 0.05) is 6.54 Å². The summed E-state index contributed by atoms with van der Waals surface area (Å²) in [5.74, 6) is 0. The van der Waals surface area contributed by atoms with Crippen LogP contribution in [0.25, 0.3) is 6.08 Å². The third-order valence-corrected chi connectivity index (χ3v) is 4.30. The van der Waals surface area contributed by atoms with Crippen molar-refractivity contribution < 1.29 is 0 Å². The third kappa shape index (κ3) is 9.04. The van der Waals surface area contributed by atoms with E-state index in [4.69, 9.17) is 0 Å². The Kier molecular flexibility index (Phi) is 11.7. The largest absolute Gasteiger partial charge is 0.313 e. The normalized spacial score (nSPS) is 10.8. The molecule has 1 aromatic rings. The van der Waals surface area contributed by atoms with Crippen LogP contribution in [-0.4, -0.2) is 6.54 Å². The molecule has 0 saturated heterocycles. The van der Waals surface area contributed by atoms with Crippen molar-refractivity contribution in [2.75, 3.05) is 6.54 Å². The second-order valence-electron chi connectivity index (χ2n) is 6.26. The van der Waals surface area contributed by atoms with Gasteiger partial charge in [0.1, 0.15) is 0 Å². The molecular weight excluding hydrogens is 266 g/mol. The maximum absolute atomic E-state index is 3.87. The fourth-order valence-electron chi connectivity index (χ4n) is 2.85. The minimum Gasteiger partial charge on any atom is -0.313 e. The third-order valence-electron chi connectivity index (χ3n) is 4.30. The second kappa shape index (κ2) is 13.6. The average Bonchev–Trinajstić information content (AvgIpc) is 2.56. The van der Waals surface area contributed by atoms with Crippen molar-refractivity contribution in [3.05, 3.63) is 42.0 Å². The summed E-state index contributed by atoms with van der Waals surface area (Å²) in [6.45, 7) is 8.24. The molecule has 0 fully saturated rings. The average molecular weight is 302 g/mol. The van der Waals surface area contributed by atoms with Gasteiger partial charge >= 0.3 is 0 Å². The van der Waals surface area contributed by atoms with E-state index in [0.29, 0.717) is 0 Å². The Hall–Kier alpha value is -1.08. The lowest BCUT2D eigenvalue weighted by Gasteiger charge is -2.08. The topological polar surface area (TPSA) is 12.0 Å². The van der Waals surface area contributed by atoms with E-state index in [1.807, 2.05) is 6.08 Å². The van der Waals surface area contributed by atoms with E-state index in [0.717, 1.165) is 13.1 Å². The summed E-state index contributed by atoms with van der Waals surface area (Å²) in [6.07, 6.45) is 16.0. The molecule has 0 unspecified atom stereocenters. The molecule has 0 saturated carbocycles. The number of unbranched alkanes of at least 4 members (excludes halogenated alkanes) is 9. The van der Waals surface area contributed by atoms with Crippen LogP contribution in [0.2, 0.25) is 0 Å². The highest BCUT2D eigenvalue weighted by Crippen LogP contribution is 2.11. The minimum absolute atomic E-state index is 0.958. The van der Waals surface area contributed by atoms with Crippen LogP contribution >= 0.6 is 0 Å². The lowest BCUT2D eigenvalue weighted by Crippen LogP contribution is -2.15. The van der Waals surface area contributed by atoms with Gasteiger partial charge in [-0.1, -0.05) is 102 Å². The summed E-state index contributed by atoms with van der Waals surface area (Å²) in [7, 11) is 0. The first-order chi connectivity index (χ1) is 10.9. The van der Waals surface area contributed by atoms with Crippen molar-refractivity contribution in [1.82, 2.24) is 5.32 Å². The molecule has 0 aliphatic rings. The maximum atomic E-state index is 3.87. The van der Waals surface area contributed by atoms with E-state index in [1.165, 1.54) is 75.3 Å². The number of benzene rings is 1. The predicted octanol–water partition coefficient (Wildman–Crippen LogP) is 6.34. The van der Waals surface area contributed by atoms with Crippen molar-refractivity contribution in [2.24, 2.45) is 0 Å². The van der Waals surface area contributed by atoms with Crippen LogP contribution < -0.4 is 5.32 Å². The first-order valence-corrected chi connectivity index (χ1v) is 9.29.